The van der Waals surface area contributed by atoms with E-state index in [1.807, 2.05) is 38.1 Å². The van der Waals surface area contributed by atoms with E-state index in [4.69, 9.17) is 0 Å². The number of rotatable bonds is 3. The zero-order valence-corrected chi connectivity index (χ0v) is 14.8. The van der Waals surface area contributed by atoms with Crippen LogP contribution in [-0.4, -0.2) is 11.8 Å². The Hall–Kier alpha value is -1.89. The Morgan fingerprint density at radius 2 is 1.73 bits per heavy atom. The highest BCUT2D eigenvalue weighted by Crippen LogP contribution is 2.25. The van der Waals surface area contributed by atoms with Crippen LogP contribution in [0, 0.1) is 17.4 Å². The van der Waals surface area contributed by atoms with Crippen LogP contribution in [0.2, 0.25) is 0 Å². The highest BCUT2D eigenvalue weighted by Gasteiger charge is 2.14. The van der Waals surface area contributed by atoms with Crippen molar-refractivity contribution in [3.63, 3.8) is 0 Å². The monoisotopic (exact) mass is 408 g/mol. The molecule has 0 aliphatic rings. The third-order valence-electron chi connectivity index (χ3n) is 3.17. The Kier molecular flexibility index (Phi) is 5.18. The van der Waals surface area contributed by atoms with Crippen molar-refractivity contribution in [2.24, 2.45) is 0 Å². The van der Waals surface area contributed by atoms with E-state index in [0.717, 1.165) is 14.7 Å². The maximum atomic E-state index is 12.5. The maximum Gasteiger partial charge on any atom is 0.256 e. The molecular formula is C17H17IN2O2. The van der Waals surface area contributed by atoms with Gasteiger partial charge in [-0.15, -0.1) is 0 Å². The molecule has 0 saturated carbocycles. The van der Waals surface area contributed by atoms with E-state index in [1.54, 1.807) is 12.1 Å². The lowest BCUT2D eigenvalue weighted by Gasteiger charge is -2.13. The molecule has 0 bridgehead atoms. The third-order valence-corrected chi connectivity index (χ3v) is 4.60. The molecule has 2 amide bonds. The van der Waals surface area contributed by atoms with Crippen molar-refractivity contribution in [2.45, 2.75) is 20.8 Å². The van der Waals surface area contributed by atoms with Gasteiger partial charge in [-0.3, -0.25) is 9.59 Å². The Balaban J connectivity index is 2.33. The molecule has 5 heteroatoms. The van der Waals surface area contributed by atoms with Gasteiger partial charge in [0.15, 0.2) is 0 Å². The number of halogens is 1. The summed E-state index contributed by atoms with van der Waals surface area (Å²) in [7, 11) is 0. The minimum Gasteiger partial charge on any atom is -0.325 e. The molecule has 0 radical (unpaired) electrons. The van der Waals surface area contributed by atoms with Gasteiger partial charge in [0.2, 0.25) is 5.91 Å². The molecule has 2 rings (SSSR count). The number of benzene rings is 2. The summed E-state index contributed by atoms with van der Waals surface area (Å²) in [6.07, 6.45) is 0. The van der Waals surface area contributed by atoms with Gasteiger partial charge in [0.1, 0.15) is 0 Å². The van der Waals surface area contributed by atoms with E-state index in [9.17, 15) is 9.59 Å². The van der Waals surface area contributed by atoms with Gasteiger partial charge < -0.3 is 10.6 Å². The van der Waals surface area contributed by atoms with Crippen LogP contribution in [0.5, 0.6) is 0 Å². The number of hydrogen-bond donors (Lipinski definition) is 2. The molecule has 0 fully saturated rings. The first kappa shape index (κ1) is 16.5. The Bertz CT molecular complexity index is 741. The topological polar surface area (TPSA) is 58.2 Å². The number of aryl methyl sites for hydroxylation is 2. The average Bonchev–Trinajstić information content (AvgIpc) is 2.44. The van der Waals surface area contributed by atoms with E-state index >= 15 is 0 Å². The molecule has 0 saturated heterocycles. The van der Waals surface area contributed by atoms with Crippen LogP contribution in [-0.2, 0) is 4.79 Å². The summed E-state index contributed by atoms with van der Waals surface area (Å²) >= 11 is 2.17. The number of carbonyl (C=O) groups excluding carboxylic acids is 2. The van der Waals surface area contributed by atoms with Crippen molar-refractivity contribution < 1.29 is 9.59 Å². The molecule has 0 spiro atoms. The van der Waals surface area contributed by atoms with Crippen LogP contribution in [0.25, 0.3) is 0 Å². The van der Waals surface area contributed by atoms with Crippen LogP contribution in [0.15, 0.2) is 36.4 Å². The van der Waals surface area contributed by atoms with Crippen molar-refractivity contribution in [3.8, 4) is 0 Å². The lowest BCUT2D eigenvalue weighted by Crippen LogP contribution is -2.16. The summed E-state index contributed by atoms with van der Waals surface area (Å²) in [6, 6.07) is 11.1. The predicted octanol–water partition coefficient (Wildman–Crippen LogP) is 4.12. The van der Waals surface area contributed by atoms with Gasteiger partial charge in [0, 0.05) is 10.5 Å². The number of amides is 2. The first-order chi connectivity index (χ1) is 10.4. The Morgan fingerprint density at radius 1 is 1.00 bits per heavy atom. The van der Waals surface area contributed by atoms with Gasteiger partial charge in [-0.25, -0.2) is 0 Å². The molecule has 4 nitrogen and oxygen atoms in total. The fourth-order valence-corrected chi connectivity index (χ4v) is 2.68. The largest absolute Gasteiger partial charge is 0.325 e. The maximum absolute atomic E-state index is 12.5. The minimum absolute atomic E-state index is 0.176. The second kappa shape index (κ2) is 6.91. The van der Waals surface area contributed by atoms with Gasteiger partial charge in [-0.2, -0.15) is 0 Å². The van der Waals surface area contributed by atoms with Crippen molar-refractivity contribution in [3.05, 3.63) is 56.7 Å². The summed E-state index contributed by atoms with van der Waals surface area (Å²) in [5.41, 5.74) is 3.87. The molecule has 2 aromatic rings. The van der Waals surface area contributed by atoms with E-state index in [-0.39, 0.29) is 11.8 Å². The lowest BCUT2D eigenvalue weighted by atomic mass is 10.1. The summed E-state index contributed by atoms with van der Waals surface area (Å²) in [4.78, 5) is 23.8. The fourth-order valence-electron chi connectivity index (χ4n) is 2.07. The molecule has 114 valence electrons. The molecule has 0 unspecified atom stereocenters. The summed E-state index contributed by atoms with van der Waals surface area (Å²) < 4.78 is 0.923. The summed E-state index contributed by atoms with van der Waals surface area (Å²) in [5, 5.41) is 5.61. The Labute approximate surface area is 143 Å². The fraction of sp³-hybridized carbons (Fsp3) is 0.176. The average molecular weight is 408 g/mol. The van der Waals surface area contributed by atoms with E-state index < -0.39 is 0 Å². The summed E-state index contributed by atoms with van der Waals surface area (Å²) in [5.74, 6) is -0.366. The van der Waals surface area contributed by atoms with Crippen molar-refractivity contribution in [2.75, 3.05) is 10.6 Å². The molecule has 0 aliphatic heterocycles. The highest BCUT2D eigenvalue weighted by molar-refractivity contribution is 14.1. The van der Waals surface area contributed by atoms with Crippen molar-refractivity contribution in [1.82, 2.24) is 0 Å². The van der Waals surface area contributed by atoms with Gasteiger partial charge >= 0.3 is 0 Å². The second-order valence-corrected chi connectivity index (χ2v) is 6.20. The first-order valence-electron chi connectivity index (χ1n) is 6.83. The van der Waals surface area contributed by atoms with Crippen molar-refractivity contribution in [1.29, 1.82) is 0 Å². The number of anilines is 2. The smallest absolute Gasteiger partial charge is 0.256 e. The van der Waals surface area contributed by atoms with E-state index in [1.165, 1.54) is 6.92 Å². The second-order valence-electron chi connectivity index (χ2n) is 5.12. The molecule has 2 aromatic carbocycles. The van der Waals surface area contributed by atoms with Gasteiger partial charge in [-0.05, 0) is 65.8 Å². The number of nitrogens with one attached hydrogen (secondary N) is 2. The lowest BCUT2D eigenvalue weighted by molar-refractivity contribution is -0.114. The predicted molar refractivity (Wildman–Crippen MR) is 97.3 cm³/mol. The van der Waals surface area contributed by atoms with Crippen molar-refractivity contribution >= 4 is 45.8 Å². The number of carbonyl (C=O) groups is 2. The Morgan fingerprint density at radius 3 is 2.41 bits per heavy atom. The normalized spacial score (nSPS) is 10.2. The molecule has 0 atom stereocenters. The van der Waals surface area contributed by atoms with Gasteiger partial charge in [0.25, 0.3) is 5.91 Å². The first-order valence-corrected chi connectivity index (χ1v) is 7.91. The van der Waals surface area contributed by atoms with Gasteiger partial charge in [-0.1, -0.05) is 18.2 Å². The SMILES string of the molecule is CC(=O)Nc1ccc(C)cc1NC(=O)c1cccc(C)c1I. The molecule has 22 heavy (non-hydrogen) atoms. The minimum atomic E-state index is -0.190. The van der Waals surface area contributed by atoms with Crippen LogP contribution in [0.4, 0.5) is 11.4 Å². The zero-order valence-electron chi connectivity index (χ0n) is 12.7. The van der Waals surface area contributed by atoms with Crippen LogP contribution in [0.3, 0.4) is 0 Å². The van der Waals surface area contributed by atoms with E-state index in [2.05, 4.69) is 33.2 Å². The molecular weight excluding hydrogens is 391 g/mol. The van der Waals surface area contributed by atoms with Gasteiger partial charge in [0.05, 0.1) is 16.9 Å². The molecule has 2 N–H and O–H groups in total. The third kappa shape index (κ3) is 3.85. The number of hydrogen-bond acceptors (Lipinski definition) is 2. The zero-order chi connectivity index (χ0) is 16.3. The van der Waals surface area contributed by atoms with Crippen LogP contribution < -0.4 is 10.6 Å². The highest BCUT2D eigenvalue weighted by atomic mass is 127. The van der Waals surface area contributed by atoms with Crippen LogP contribution >= 0.6 is 22.6 Å². The quantitative estimate of drug-likeness (QED) is 0.751. The standard InChI is InChI=1S/C17H17IN2O2/c1-10-7-8-14(19-12(3)21)15(9-10)20-17(22)13-6-4-5-11(2)16(13)18/h4-9H,1-3H3,(H,19,21)(H,20,22). The van der Waals surface area contributed by atoms with Crippen LogP contribution in [0.1, 0.15) is 28.4 Å². The van der Waals surface area contributed by atoms with E-state index in [0.29, 0.717) is 16.9 Å². The molecule has 0 aliphatic carbocycles. The molecule has 0 heterocycles. The summed E-state index contributed by atoms with van der Waals surface area (Å²) in [6.45, 7) is 5.34. The molecule has 0 aromatic heterocycles.